The molecule has 8 N–H and O–H groups in total. The van der Waals surface area contributed by atoms with Crippen molar-refractivity contribution in [2.24, 2.45) is 0 Å². The van der Waals surface area contributed by atoms with E-state index in [2.05, 4.69) is 67.0 Å². The molecule has 0 amide bonds. The maximum Gasteiger partial charge on any atom is 0.472 e. The second-order valence-corrected chi connectivity index (χ2v) is 20.3. The minimum absolute atomic E-state index is 0.00429. The van der Waals surface area contributed by atoms with Gasteiger partial charge in [0.05, 0.1) is 12.7 Å². The lowest BCUT2D eigenvalue weighted by molar-refractivity contribution is -0.216. The maximum absolute atomic E-state index is 13.0. The zero-order valence-corrected chi connectivity index (χ0v) is 43.6. The zero-order chi connectivity index (χ0) is 51.9. The first kappa shape index (κ1) is 65.4. The number of ether oxygens (including phenoxy) is 2. The Morgan fingerprint density at radius 2 is 1.00 bits per heavy atom. The smallest absolute Gasteiger partial charge is 0.462 e. The topological polar surface area (TPSA) is 276 Å². The standard InChI is InChI=1S/C51H88O17P2/c1-3-5-7-9-11-13-15-17-18-19-20-21-22-24-26-28-30-32-34-38-45(54)66-43(41-65-70(62,63)68-51-48(57)46(55)47(56)50(49(51)58)67-69(59,60)61)40-64-44(53)39-35-37-42(52)36-33-31-29-27-25-23-16-14-12-10-8-6-4-2/h11-14,17-18,23,25,29,31,33,36,42-43,46-52,55-58H,3-10,15-16,19-22,24,26-28,30,32,34-35,37-41H2,1-2H3,(H,62,63)(H2,59,60,61)/b13-11-,14-12-,18-17-,25-23-,31-29-,36-33+/t42-,43-,46?,47?,48?,49?,50-,51+/m1/s1. The van der Waals surface area contributed by atoms with Gasteiger partial charge in [-0.2, -0.15) is 0 Å². The molecular weight excluding hydrogens is 946 g/mol. The summed E-state index contributed by atoms with van der Waals surface area (Å²) in [6.07, 6.45) is 31.5. The first-order valence-electron chi connectivity index (χ1n) is 25.6. The Bertz CT molecular complexity index is 1640. The Hall–Kier alpha value is -2.60. The van der Waals surface area contributed by atoms with Crippen LogP contribution in [0.3, 0.4) is 0 Å². The number of phosphoric ester groups is 2. The Balaban J connectivity index is 2.63. The number of hydrogen-bond donors (Lipinski definition) is 8. The number of hydrogen-bond acceptors (Lipinski definition) is 14. The molecule has 70 heavy (non-hydrogen) atoms. The molecule has 0 radical (unpaired) electrons. The number of rotatable bonds is 42. The molecule has 9 atom stereocenters. The Labute approximate surface area is 417 Å². The van der Waals surface area contributed by atoms with Gasteiger partial charge in [0, 0.05) is 12.8 Å². The summed E-state index contributed by atoms with van der Waals surface area (Å²) < 4.78 is 49.3. The molecule has 17 nitrogen and oxygen atoms in total. The number of allylic oxidation sites excluding steroid dienone is 11. The zero-order valence-electron chi connectivity index (χ0n) is 41.8. The monoisotopic (exact) mass is 1030 g/mol. The van der Waals surface area contributed by atoms with Crippen molar-refractivity contribution in [2.75, 3.05) is 13.2 Å². The van der Waals surface area contributed by atoms with Crippen LogP contribution in [-0.4, -0.2) is 114 Å². The number of unbranched alkanes of at least 4 members (excludes halogenated alkanes) is 15. The molecule has 1 fully saturated rings. The van der Waals surface area contributed by atoms with Gasteiger partial charge in [0.15, 0.2) is 6.10 Å². The lowest BCUT2D eigenvalue weighted by atomic mass is 9.85. The predicted octanol–water partition coefficient (Wildman–Crippen LogP) is 9.37. The largest absolute Gasteiger partial charge is 0.472 e. The molecular formula is C51H88O17P2. The lowest BCUT2D eigenvalue weighted by Gasteiger charge is -2.43. The summed E-state index contributed by atoms with van der Waals surface area (Å²) in [5.41, 5.74) is 0. The SMILES string of the molecule is CCCCC/C=C\C/C=C\C/C=C\C=C\[C@@H](O)CCCC(=O)OC[C@H](COP(=O)(O)O[C@H]1C(O)C(O)C(O)[C@@H](OP(=O)(O)O)C1O)OC(=O)CCCCCCCCCCC/C=C\C/C=C\CCCCC. The van der Waals surface area contributed by atoms with Gasteiger partial charge >= 0.3 is 27.6 Å². The molecule has 0 aromatic heterocycles. The summed E-state index contributed by atoms with van der Waals surface area (Å²) in [7, 11) is -10.7. The van der Waals surface area contributed by atoms with E-state index in [0.717, 1.165) is 70.6 Å². The highest BCUT2D eigenvalue weighted by Gasteiger charge is 2.54. The van der Waals surface area contributed by atoms with E-state index < -0.39 is 89.6 Å². The predicted molar refractivity (Wildman–Crippen MR) is 270 cm³/mol. The van der Waals surface area contributed by atoms with Gasteiger partial charge in [0.2, 0.25) is 0 Å². The second-order valence-electron chi connectivity index (χ2n) is 17.7. The number of aliphatic hydroxyl groups excluding tert-OH is 5. The molecule has 19 heteroatoms. The van der Waals surface area contributed by atoms with Crippen molar-refractivity contribution in [3.63, 3.8) is 0 Å². The van der Waals surface area contributed by atoms with Gasteiger partial charge in [-0.1, -0.05) is 157 Å². The van der Waals surface area contributed by atoms with Crippen LogP contribution in [-0.2, 0) is 41.8 Å². The number of aliphatic hydroxyl groups is 5. The van der Waals surface area contributed by atoms with Crippen LogP contribution in [0.4, 0.5) is 0 Å². The van der Waals surface area contributed by atoms with Crippen LogP contribution in [0.15, 0.2) is 72.9 Å². The Morgan fingerprint density at radius 3 is 1.54 bits per heavy atom. The highest BCUT2D eigenvalue weighted by molar-refractivity contribution is 7.47. The summed E-state index contributed by atoms with van der Waals surface area (Å²) in [4.78, 5) is 54.4. The van der Waals surface area contributed by atoms with Crippen molar-refractivity contribution in [3.05, 3.63) is 72.9 Å². The van der Waals surface area contributed by atoms with Crippen LogP contribution in [0.25, 0.3) is 0 Å². The summed E-state index contributed by atoms with van der Waals surface area (Å²) in [5.74, 6) is -1.41. The fraction of sp³-hybridized carbons (Fsp3) is 0.725. The molecule has 1 aliphatic rings. The third kappa shape index (κ3) is 34.7. The average Bonchev–Trinajstić information content (AvgIpc) is 3.31. The summed E-state index contributed by atoms with van der Waals surface area (Å²) in [6.45, 7) is 2.90. The van der Waals surface area contributed by atoms with Crippen molar-refractivity contribution in [3.8, 4) is 0 Å². The van der Waals surface area contributed by atoms with Gasteiger partial charge in [0.1, 0.15) is 43.2 Å². The third-order valence-electron chi connectivity index (χ3n) is 11.4. The Morgan fingerprint density at radius 1 is 0.529 bits per heavy atom. The van der Waals surface area contributed by atoms with Crippen LogP contribution in [0.5, 0.6) is 0 Å². The van der Waals surface area contributed by atoms with E-state index in [1.807, 2.05) is 12.2 Å². The van der Waals surface area contributed by atoms with Crippen molar-refractivity contribution in [2.45, 2.75) is 223 Å². The molecule has 0 heterocycles. The van der Waals surface area contributed by atoms with Crippen LogP contribution < -0.4 is 0 Å². The molecule has 1 saturated carbocycles. The highest BCUT2D eigenvalue weighted by atomic mass is 31.2. The molecule has 0 aliphatic heterocycles. The summed E-state index contributed by atoms with van der Waals surface area (Å²) in [6, 6.07) is 0. The van der Waals surface area contributed by atoms with Gasteiger partial charge in [-0.3, -0.25) is 23.2 Å². The van der Waals surface area contributed by atoms with E-state index in [4.69, 9.17) is 18.5 Å². The third-order valence-corrected chi connectivity index (χ3v) is 12.9. The first-order chi connectivity index (χ1) is 33.5. The molecule has 1 aliphatic carbocycles. The second kappa shape index (κ2) is 40.8. The van der Waals surface area contributed by atoms with E-state index in [9.17, 15) is 58.9 Å². The number of carbonyl (C=O) groups excluding carboxylic acids is 2. The van der Waals surface area contributed by atoms with Gasteiger partial charge in [-0.25, -0.2) is 9.13 Å². The molecule has 1 rings (SSSR count). The van der Waals surface area contributed by atoms with Gasteiger partial charge in [-0.15, -0.1) is 0 Å². The minimum Gasteiger partial charge on any atom is -0.462 e. The number of esters is 2. The minimum atomic E-state index is -5.39. The lowest BCUT2D eigenvalue weighted by Crippen LogP contribution is -2.64. The fourth-order valence-corrected chi connectivity index (χ4v) is 8.87. The molecule has 0 spiro atoms. The van der Waals surface area contributed by atoms with Crippen LogP contribution in [0.2, 0.25) is 0 Å². The maximum atomic E-state index is 13.0. The van der Waals surface area contributed by atoms with Crippen molar-refractivity contribution >= 4 is 27.6 Å². The average molecular weight is 1040 g/mol. The first-order valence-corrected chi connectivity index (χ1v) is 28.6. The van der Waals surface area contributed by atoms with Crippen LogP contribution >= 0.6 is 15.6 Å². The van der Waals surface area contributed by atoms with E-state index in [-0.39, 0.29) is 25.7 Å². The quantitative estimate of drug-likeness (QED) is 0.00929. The van der Waals surface area contributed by atoms with Crippen molar-refractivity contribution in [1.82, 2.24) is 0 Å². The van der Waals surface area contributed by atoms with Crippen LogP contribution in [0.1, 0.15) is 174 Å². The number of carbonyl (C=O) groups is 2. The summed E-state index contributed by atoms with van der Waals surface area (Å²) in [5, 5.41) is 51.6. The van der Waals surface area contributed by atoms with E-state index in [1.165, 1.54) is 57.8 Å². The van der Waals surface area contributed by atoms with Crippen LogP contribution in [0, 0.1) is 0 Å². The molecule has 5 unspecified atom stereocenters. The molecule has 0 aromatic rings. The van der Waals surface area contributed by atoms with Gasteiger partial charge < -0.3 is 49.7 Å². The summed E-state index contributed by atoms with van der Waals surface area (Å²) >= 11 is 0. The van der Waals surface area contributed by atoms with E-state index >= 15 is 0 Å². The van der Waals surface area contributed by atoms with Crippen molar-refractivity contribution < 1.29 is 82.0 Å². The van der Waals surface area contributed by atoms with Crippen molar-refractivity contribution in [1.29, 1.82) is 0 Å². The molecule has 0 aromatic carbocycles. The van der Waals surface area contributed by atoms with Gasteiger partial charge in [-0.05, 0) is 77.0 Å². The normalized spacial score (nSPS) is 22.0. The molecule has 0 saturated heterocycles. The molecule has 0 bridgehead atoms. The Kier molecular flexibility index (Phi) is 38.2. The fourth-order valence-electron chi connectivity index (χ4n) is 7.34. The van der Waals surface area contributed by atoms with E-state index in [0.29, 0.717) is 6.42 Å². The van der Waals surface area contributed by atoms with E-state index in [1.54, 1.807) is 12.2 Å². The molecule has 404 valence electrons. The highest BCUT2D eigenvalue weighted by Crippen LogP contribution is 2.49. The number of phosphoric acid groups is 2. The van der Waals surface area contributed by atoms with Gasteiger partial charge in [0.25, 0.3) is 0 Å².